The fourth-order valence-electron chi connectivity index (χ4n) is 2.85. The third kappa shape index (κ3) is 4.64. The van der Waals surface area contributed by atoms with Crippen LogP contribution in [0.5, 0.6) is 0 Å². The van der Waals surface area contributed by atoms with Gasteiger partial charge < -0.3 is 34.9 Å². The number of carboxylic acids is 1. The Labute approximate surface area is 196 Å². The van der Waals surface area contributed by atoms with Crippen LogP contribution in [0.1, 0.15) is 5.76 Å². The zero-order chi connectivity index (χ0) is 21.1. The standard InChI is InChI=1S/C16H16N4O8S.Na/c1-26-19-9(8-3-2-4-27-8)12(21)18-10-13(22)20-11(15(23)24)7(5-28-16(17)25)6-29-14(10)20;/h2-4,10,14H,5-6H2,1H3,(H2,17,25)(H,18,21)(H,23,24);/q;+1/p-1/t10-,14-;/m1./s1. The number of primary amides is 1. The van der Waals surface area contributed by atoms with E-state index in [1.807, 2.05) is 0 Å². The second kappa shape index (κ2) is 10.0. The van der Waals surface area contributed by atoms with Gasteiger partial charge in [0.1, 0.15) is 25.1 Å². The van der Waals surface area contributed by atoms with Crippen molar-refractivity contribution in [3.05, 3.63) is 35.4 Å². The second-order valence-corrected chi connectivity index (χ2v) is 6.91. The van der Waals surface area contributed by atoms with Gasteiger partial charge in [0.25, 0.3) is 11.8 Å². The molecule has 1 aromatic rings. The first-order chi connectivity index (χ1) is 13.8. The van der Waals surface area contributed by atoms with E-state index in [0.717, 1.165) is 4.90 Å². The molecule has 154 valence electrons. The SMILES string of the molecule is CON=C(C(=O)N[C@@H]1C(=O)N2C(C(=O)[O-])=C(COC(N)=O)CS[C@H]12)c1ccco1.[Na+]. The van der Waals surface area contributed by atoms with Crippen LogP contribution in [-0.2, 0) is 24.0 Å². The van der Waals surface area contributed by atoms with E-state index in [4.69, 9.17) is 10.2 Å². The summed E-state index contributed by atoms with van der Waals surface area (Å²) in [6, 6.07) is 2.04. The Kier molecular flexibility index (Phi) is 7.95. The Balaban J connectivity index is 0.00000320. The van der Waals surface area contributed by atoms with Crippen LogP contribution in [0.15, 0.2) is 39.2 Å². The van der Waals surface area contributed by atoms with Gasteiger partial charge in [-0.25, -0.2) is 4.79 Å². The number of carbonyl (C=O) groups is 4. The van der Waals surface area contributed by atoms with Gasteiger partial charge in [0.2, 0.25) is 5.71 Å². The van der Waals surface area contributed by atoms with Gasteiger partial charge in [-0.1, -0.05) is 5.16 Å². The zero-order valence-electron chi connectivity index (χ0n) is 15.9. The molecule has 30 heavy (non-hydrogen) atoms. The molecular weight excluding hydrogens is 431 g/mol. The summed E-state index contributed by atoms with van der Waals surface area (Å²) in [6.07, 6.45) is 0.262. The number of furan rings is 1. The van der Waals surface area contributed by atoms with E-state index in [0.29, 0.717) is 0 Å². The van der Waals surface area contributed by atoms with E-state index < -0.39 is 41.0 Å². The van der Waals surface area contributed by atoms with Crippen LogP contribution in [0.3, 0.4) is 0 Å². The number of hydrogen-bond donors (Lipinski definition) is 2. The quantitative estimate of drug-likeness (QED) is 0.180. The maximum absolute atomic E-state index is 12.5. The Hall–Kier alpha value is -2.48. The maximum atomic E-state index is 12.5. The van der Waals surface area contributed by atoms with Crippen LogP contribution in [0.4, 0.5) is 4.79 Å². The first-order valence-electron chi connectivity index (χ1n) is 8.11. The summed E-state index contributed by atoms with van der Waals surface area (Å²) in [5, 5.41) is 17.0. The molecule has 1 aromatic heterocycles. The number of nitrogens with zero attached hydrogens (tertiary/aromatic N) is 2. The first-order valence-corrected chi connectivity index (χ1v) is 9.16. The number of carboxylic acid groups (broad SMARTS) is 1. The average Bonchev–Trinajstić information content (AvgIpc) is 3.21. The summed E-state index contributed by atoms with van der Waals surface area (Å²) in [5.74, 6) is -2.74. The molecule has 3 N–H and O–H groups in total. The summed E-state index contributed by atoms with van der Waals surface area (Å²) in [5.41, 5.74) is 4.48. The molecule has 3 amide bonds. The first kappa shape index (κ1) is 23.8. The molecule has 1 fully saturated rings. The van der Waals surface area contributed by atoms with Gasteiger partial charge >= 0.3 is 35.7 Å². The number of thioether (sulfide) groups is 1. The molecule has 0 unspecified atom stereocenters. The molecule has 0 aliphatic carbocycles. The van der Waals surface area contributed by atoms with E-state index >= 15 is 0 Å². The minimum absolute atomic E-state index is 0. The molecule has 0 radical (unpaired) electrons. The number of nitrogens with two attached hydrogens (primary N) is 1. The Morgan fingerprint density at radius 3 is 2.77 bits per heavy atom. The molecule has 2 aliphatic rings. The molecular formula is C16H15N4NaO8S. The van der Waals surface area contributed by atoms with E-state index in [2.05, 4.69) is 20.0 Å². The molecule has 3 rings (SSSR count). The Morgan fingerprint density at radius 1 is 1.47 bits per heavy atom. The second-order valence-electron chi connectivity index (χ2n) is 5.81. The van der Waals surface area contributed by atoms with Crippen LogP contribution in [0.25, 0.3) is 0 Å². The number of carbonyl (C=O) groups excluding carboxylic acids is 4. The molecule has 1 saturated heterocycles. The molecule has 0 aromatic carbocycles. The number of nitrogens with one attached hydrogen (secondary N) is 1. The number of aliphatic carboxylic acids is 1. The van der Waals surface area contributed by atoms with Crippen molar-refractivity contribution in [2.45, 2.75) is 11.4 Å². The van der Waals surface area contributed by atoms with Crippen molar-refractivity contribution in [2.24, 2.45) is 10.9 Å². The van der Waals surface area contributed by atoms with Crippen LogP contribution in [-0.4, -0.2) is 65.4 Å². The maximum Gasteiger partial charge on any atom is 1.00 e. The summed E-state index contributed by atoms with van der Waals surface area (Å²) in [4.78, 5) is 53.0. The number of oxime groups is 1. The number of fused-ring (bicyclic) bond motifs is 1. The van der Waals surface area contributed by atoms with Crippen molar-refractivity contribution in [3.63, 3.8) is 0 Å². The number of hydrogen-bond acceptors (Lipinski definition) is 10. The van der Waals surface area contributed by atoms with Crippen molar-refractivity contribution in [1.82, 2.24) is 10.2 Å². The molecule has 14 heteroatoms. The van der Waals surface area contributed by atoms with Crippen molar-refractivity contribution >= 4 is 41.4 Å². The zero-order valence-corrected chi connectivity index (χ0v) is 18.8. The fourth-order valence-corrected chi connectivity index (χ4v) is 4.18. The smallest absolute Gasteiger partial charge is 0.543 e. The normalized spacial score (nSPS) is 20.5. The molecule has 12 nitrogen and oxygen atoms in total. The molecule has 0 saturated carbocycles. The molecule has 0 bridgehead atoms. The topological polar surface area (TPSA) is 177 Å². The van der Waals surface area contributed by atoms with Crippen molar-refractivity contribution < 1.29 is 67.8 Å². The number of amides is 3. The number of β-lactam (4-membered cyclic amide) rings is 1. The van der Waals surface area contributed by atoms with Crippen LogP contribution < -0.4 is 45.7 Å². The minimum Gasteiger partial charge on any atom is -0.543 e. The summed E-state index contributed by atoms with van der Waals surface area (Å²) in [6.45, 7) is -0.387. The van der Waals surface area contributed by atoms with E-state index in [9.17, 15) is 24.3 Å². The number of rotatable bonds is 7. The van der Waals surface area contributed by atoms with Gasteiger partial charge in [0, 0.05) is 11.3 Å². The minimum atomic E-state index is -1.60. The Bertz CT molecular complexity index is 916. The van der Waals surface area contributed by atoms with Crippen LogP contribution in [0, 0.1) is 0 Å². The van der Waals surface area contributed by atoms with Crippen molar-refractivity contribution in [3.8, 4) is 0 Å². The van der Waals surface area contributed by atoms with Gasteiger partial charge in [0.05, 0.1) is 17.9 Å². The third-order valence-corrected chi connectivity index (χ3v) is 5.41. The molecule has 3 heterocycles. The van der Waals surface area contributed by atoms with E-state index in [-0.39, 0.29) is 59.0 Å². The van der Waals surface area contributed by atoms with E-state index in [1.165, 1.54) is 31.2 Å². The van der Waals surface area contributed by atoms with Gasteiger partial charge in [-0.15, -0.1) is 11.8 Å². The Morgan fingerprint density at radius 2 is 2.20 bits per heavy atom. The largest absolute Gasteiger partial charge is 1.00 e. The average molecular weight is 446 g/mol. The molecule has 0 spiro atoms. The predicted molar refractivity (Wildman–Crippen MR) is 94.8 cm³/mol. The van der Waals surface area contributed by atoms with Crippen LogP contribution >= 0.6 is 11.8 Å². The van der Waals surface area contributed by atoms with Gasteiger partial charge in [0.15, 0.2) is 5.76 Å². The van der Waals surface area contributed by atoms with E-state index in [1.54, 1.807) is 6.07 Å². The molecule has 2 atom stereocenters. The van der Waals surface area contributed by atoms with Crippen LogP contribution in [0.2, 0.25) is 0 Å². The van der Waals surface area contributed by atoms with Crippen molar-refractivity contribution in [2.75, 3.05) is 19.5 Å². The molecule has 2 aliphatic heterocycles. The van der Waals surface area contributed by atoms with Crippen molar-refractivity contribution in [1.29, 1.82) is 0 Å². The summed E-state index contributed by atoms with van der Waals surface area (Å²) >= 11 is 1.18. The van der Waals surface area contributed by atoms with Gasteiger partial charge in [-0.2, -0.15) is 0 Å². The third-order valence-electron chi connectivity index (χ3n) is 4.07. The summed E-state index contributed by atoms with van der Waals surface area (Å²) in [7, 11) is 1.25. The van der Waals surface area contributed by atoms with Gasteiger partial charge in [-0.05, 0) is 12.1 Å². The number of ether oxygens (including phenoxy) is 1. The monoisotopic (exact) mass is 446 g/mol. The summed E-state index contributed by atoms with van der Waals surface area (Å²) < 4.78 is 9.75. The van der Waals surface area contributed by atoms with Gasteiger partial charge in [-0.3, -0.25) is 14.5 Å². The fraction of sp³-hybridized carbons (Fsp3) is 0.312. The predicted octanol–water partition coefficient (Wildman–Crippen LogP) is -4.87.